The van der Waals surface area contributed by atoms with E-state index in [2.05, 4.69) is 41.5 Å². The largest absolute Gasteiger partial charge is 0.507 e. The van der Waals surface area contributed by atoms with Crippen molar-refractivity contribution in [2.24, 2.45) is 0 Å². The first-order valence-electron chi connectivity index (χ1n) is 11.5. The van der Waals surface area contributed by atoms with Crippen molar-refractivity contribution in [3.8, 4) is 23.0 Å². The summed E-state index contributed by atoms with van der Waals surface area (Å²) in [4.78, 5) is 15.6. The maximum atomic E-state index is 11.0. The normalized spacial score (nSPS) is 12.1. The summed E-state index contributed by atoms with van der Waals surface area (Å²) in [7, 11) is 0. The van der Waals surface area contributed by atoms with E-state index in [0.717, 1.165) is 33.7 Å². The van der Waals surface area contributed by atoms with Crippen LogP contribution in [0.3, 0.4) is 0 Å². The molecule has 2 N–H and O–H groups in total. The van der Waals surface area contributed by atoms with Gasteiger partial charge in [0.2, 0.25) is 5.89 Å². The summed E-state index contributed by atoms with van der Waals surface area (Å²) in [6.45, 7) is 14.8. The molecule has 0 radical (unpaired) electrons. The van der Waals surface area contributed by atoms with Gasteiger partial charge in [-0.15, -0.1) is 0 Å². The van der Waals surface area contributed by atoms with Crippen LogP contribution in [0, 0.1) is 6.92 Å². The van der Waals surface area contributed by atoms with E-state index < -0.39 is 5.97 Å². The monoisotopic (exact) mass is 465 g/mol. The third kappa shape index (κ3) is 5.99. The van der Waals surface area contributed by atoms with Gasteiger partial charge < -0.3 is 19.4 Å². The Labute approximate surface area is 201 Å². The number of ether oxygens (including phenoxy) is 1. The first-order valence-corrected chi connectivity index (χ1v) is 11.5. The number of aromatic hydroxyl groups is 1. The van der Waals surface area contributed by atoms with Gasteiger partial charge >= 0.3 is 5.97 Å². The fourth-order valence-corrected chi connectivity index (χ4v) is 3.83. The maximum absolute atomic E-state index is 11.0. The lowest BCUT2D eigenvalue weighted by atomic mass is 9.78. The van der Waals surface area contributed by atoms with E-state index in [1.807, 2.05) is 19.1 Å². The molecule has 0 aliphatic carbocycles. The molecule has 0 spiro atoms. The van der Waals surface area contributed by atoms with Crippen LogP contribution in [0.15, 0.2) is 40.8 Å². The molecule has 0 fully saturated rings. The number of rotatable bonds is 7. The number of carboxylic acids is 1. The van der Waals surface area contributed by atoms with Gasteiger partial charge in [0.05, 0.1) is 18.7 Å². The van der Waals surface area contributed by atoms with Crippen molar-refractivity contribution in [1.29, 1.82) is 0 Å². The van der Waals surface area contributed by atoms with Crippen LogP contribution < -0.4 is 4.74 Å². The molecule has 34 heavy (non-hydrogen) atoms. The average molecular weight is 466 g/mol. The van der Waals surface area contributed by atoms with Gasteiger partial charge in [-0.25, -0.2) is 4.98 Å². The molecule has 6 heteroatoms. The van der Waals surface area contributed by atoms with Crippen LogP contribution in [0.2, 0.25) is 0 Å². The minimum absolute atomic E-state index is 0.00763. The summed E-state index contributed by atoms with van der Waals surface area (Å²) in [5.74, 6) is 1.41. The van der Waals surface area contributed by atoms with Crippen LogP contribution in [0.1, 0.15) is 69.7 Å². The predicted octanol–water partition coefficient (Wildman–Crippen LogP) is 6.20. The Morgan fingerprint density at radius 2 is 1.56 bits per heavy atom. The summed E-state index contributed by atoms with van der Waals surface area (Å²) in [6.07, 6.45) is 0.564. The Hall–Kier alpha value is -3.28. The quantitative estimate of drug-likeness (QED) is 0.432. The van der Waals surface area contributed by atoms with Gasteiger partial charge in [0.15, 0.2) is 0 Å². The first kappa shape index (κ1) is 25.3. The second-order valence-corrected chi connectivity index (χ2v) is 10.8. The topological polar surface area (TPSA) is 92.8 Å². The summed E-state index contributed by atoms with van der Waals surface area (Å²) >= 11 is 0. The Morgan fingerprint density at radius 3 is 2.06 bits per heavy atom. The highest BCUT2D eigenvalue weighted by Crippen LogP contribution is 2.42. The van der Waals surface area contributed by atoms with Gasteiger partial charge in [0, 0.05) is 23.1 Å². The number of hydrogen-bond donors (Lipinski definition) is 2. The standard InChI is InChI=1S/C28H35NO5/c1-17-23(12-13-33-20-10-8-18(9-11-20)14-24(30)31)29-26(34-17)19-15-21(27(2,3)4)25(32)22(16-19)28(5,6)7/h8-11,15-16,32H,12-14H2,1-7H3,(H,30,31). The number of nitrogens with zero attached hydrogens (tertiary/aromatic N) is 1. The summed E-state index contributed by atoms with van der Waals surface area (Å²) in [6, 6.07) is 11.0. The number of aromatic nitrogens is 1. The molecule has 3 aromatic rings. The van der Waals surface area contributed by atoms with E-state index in [4.69, 9.17) is 19.2 Å². The molecular weight excluding hydrogens is 430 g/mol. The predicted molar refractivity (Wildman–Crippen MR) is 133 cm³/mol. The molecule has 0 unspecified atom stereocenters. The van der Waals surface area contributed by atoms with Crippen molar-refractivity contribution in [3.05, 3.63) is 64.5 Å². The molecule has 0 bridgehead atoms. The first-order chi connectivity index (χ1) is 15.8. The zero-order valence-electron chi connectivity index (χ0n) is 21.2. The van der Waals surface area contributed by atoms with E-state index in [9.17, 15) is 9.90 Å². The van der Waals surface area contributed by atoms with Gasteiger partial charge in [-0.05, 0) is 47.6 Å². The minimum atomic E-state index is -0.858. The Morgan fingerprint density at radius 1 is 1.00 bits per heavy atom. The number of carbonyl (C=O) groups is 1. The molecule has 0 saturated carbocycles. The average Bonchev–Trinajstić information content (AvgIpc) is 3.08. The second-order valence-electron chi connectivity index (χ2n) is 10.8. The molecule has 182 valence electrons. The van der Waals surface area contributed by atoms with Crippen LogP contribution in [0.25, 0.3) is 11.5 Å². The van der Waals surface area contributed by atoms with Crippen LogP contribution in [-0.2, 0) is 28.5 Å². The molecule has 0 atom stereocenters. The second kappa shape index (κ2) is 9.53. The van der Waals surface area contributed by atoms with Gasteiger partial charge in [-0.3, -0.25) is 4.79 Å². The van der Waals surface area contributed by atoms with Crippen molar-refractivity contribution < 1.29 is 24.2 Å². The van der Waals surface area contributed by atoms with Crippen molar-refractivity contribution in [3.63, 3.8) is 0 Å². The van der Waals surface area contributed by atoms with Crippen LogP contribution in [0.4, 0.5) is 0 Å². The zero-order valence-corrected chi connectivity index (χ0v) is 21.2. The SMILES string of the molecule is Cc1oc(-c2cc(C(C)(C)C)c(O)c(C(C)(C)C)c2)nc1CCOc1ccc(CC(=O)O)cc1. The number of oxazole rings is 1. The Balaban J connectivity index is 1.80. The van der Waals surface area contributed by atoms with Crippen LogP contribution >= 0.6 is 0 Å². The van der Waals surface area contributed by atoms with E-state index in [0.29, 0.717) is 30.4 Å². The van der Waals surface area contributed by atoms with Gasteiger partial charge in [0.25, 0.3) is 0 Å². The maximum Gasteiger partial charge on any atom is 0.307 e. The van der Waals surface area contributed by atoms with Crippen molar-refractivity contribution >= 4 is 5.97 Å². The van der Waals surface area contributed by atoms with Gasteiger partial charge in [0.1, 0.15) is 17.3 Å². The summed E-state index contributed by atoms with van der Waals surface area (Å²) in [5.41, 5.74) is 3.65. The number of hydrogen-bond acceptors (Lipinski definition) is 5. The number of carboxylic acid groups (broad SMARTS) is 1. The van der Waals surface area contributed by atoms with Gasteiger partial charge in [-0.2, -0.15) is 0 Å². The molecule has 2 aromatic carbocycles. The Bertz CT molecular complexity index is 1130. The van der Waals surface area contributed by atoms with E-state index in [1.54, 1.807) is 24.3 Å². The third-order valence-electron chi connectivity index (χ3n) is 5.75. The summed E-state index contributed by atoms with van der Waals surface area (Å²) < 4.78 is 11.8. The van der Waals surface area contributed by atoms with Crippen LogP contribution in [-0.4, -0.2) is 27.8 Å². The smallest absolute Gasteiger partial charge is 0.307 e. The van der Waals surface area contributed by atoms with Crippen molar-refractivity contribution in [2.75, 3.05) is 6.61 Å². The molecule has 0 aliphatic heterocycles. The Kier molecular flexibility index (Phi) is 7.10. The fraction of sp³-hybridized carbons (Fsp3) is 0.429. The lowest BCUT2D eigenvalue weighted by Crippen LogP contribution is -2.17. The molecule has 6 nitrogen and oxygen atoms in total. The number of benzene rings is 2. The van der Waals surface area contributed by atoms with Crippen molar-refractivity contribution in [2.45, 2.75) is 72.1 Å². The lowest BCUT2D eigenvalue weighted by Gasteiger charge is -2.27. The lowest BCUT2D eigenvalue weighted by molar-refractivity contribution is -0.136. The molecule has 3 rings (SSSR count). The highest BCUT2D eigenvalue weighted by Gasteiger charge is 2.28. The molecule has 0 amide bonds. The molecular formula is C28H35NO5. The van der Waals surface area contributed by atoms with Crippen LogP contribution in [0.5, 0.6) is 11.5 Å². The van der Waals surface area contributed by atoms with E-state index >= 15 is 0 Å². The highest BCUT2D eigenvalue weighted by atomic mass is 16.5. The molecule has 0 saturated heterocycles. The van der Waals surface area contributed by atoms with E-state index in [-0.39, 0.29) is 17.3 Å². The highest BCUT2D eigenvalue weighted by molar-refractivity contribution is 5.70. The van der Waals surface area contributed by atoms with E-state index in [1.165, 1.54) is 0 Å². The number of phenolic OH excluding ortho intramolecular Hbond substituents is 1. The zero-order chi connectivity index (χ0) is 25.3. The molecule has 1 heterocycles. The third-order valence-corrected chi connectivity index (χ3v) is 5.75. The van der Waals surface area contributed by atoms with Gasteiger partial charge in [-0.1, -0.05) is 53.7 Å². The number of phenols is 1. The fourth-order valence-electron chi connectivity index (χ4n) is 3.83. The summed E-state index contributed by atoms with van der Waals surface area (Å²) in [5, 5.41) is 19.9. The molecule has 0 aliphatic rings. The minimum Gasteiger partial charge on any atom is -0.507 e. The molecule has 1 aromatic heterocycles. The van der Waals surface area contributed by atoms with Crippen molar-refractivity contribution in [1.82, 2.24) is 4.98 Å². The number of aliphatic carboxylic acids is 1. The number of aryl methyl sites for hydroxylation is 1.